The van der Waals surface area contributed by atoms with Crippen LogP contribution in [-0.2, 0) is 4.79 Å². The van der Waals surface area contributed by atoms with E-state index in [0.29, 0.717) is 17.4 Å². The van der Waals surface area contributed by atoms with Crippen molar-refractivity contribution in [3.8, 4) is 0 Å². The van der Waals surface area contributed by atoms with Gasteiger partial charge in [0.15, 0.2) is 0 Å². The Morgan fingerprint density at radius 3 is 2.95 bits per heavy atom. The minimum absolute atomic E-state index is 0.243. The van der Waals surface area contributed by atoms with Crippen molar-refractivity contribution in [2.75, 3.05) is 13.1 Å². The summed E-state index contributed by atoms with van der Waals surface area (Å²) in [7, 11) is 0. The number of hydrogen-bond acceptors (Lipinski definition) is 2. The van der Waals surface area contributed by atoms with Crippen molar-refractivity contribution in [2.24, 2.45) is 5.41 Å². The molecule has 2 spiro atoms. The van der Waals surface area contributed by atoms with E-state index in [1.807, 2.05) is 0 Å². The Morgan fingerprint density at radius 2 is 2.00 bits per heavy atom. The predicted octanol–water partition coefficient (Wildman–Crippen LogP) is 2.28. The molecular weight excluding hydrogens is 236 g/mol. The molecule has 5 rings (SSSR count). The summed E-state index contributed by atoms with van der Waals surface area (Å²) in [6, 6.07) is 0.692. The van der Waals surface area contributed by atoms with Gasteiger partial charge in [0.1, 0.15) is 0 Å². The average molecular weight is 258 g/mol. The zero-order chi connectivity index (χ0) is 12.7. The fourth-order valence-corrected chi connectivity index (χ4v) is 5.99. The van der Waals surface area contributed by atoms with Gasteiger partial charge in [-0.2, -0.15) is 0 Å². The van der Waals surface area contributed by atoms with Crippen LogP contribution in [0, 0.1) is 5.41 Å². The maximum atomic E-state index is 12.4. The first-order chi connectivity index (χ1) is 9.27. The highest BCUT2D eigenvalue weighted by Crippen LogP contribution is 2.73. The first kappa shape index (κ1) is 10.9. The Kier molecular flexibility index (Phi) is 1.86. The van der Waals surface area contributed by atoms with Crippen molar-refractivity contribution in [3.05, 3.63) is 11.8 Å². The van der Waals surface area contributed by atoms with Crippen LogP contribution in [0.15, 0.2) is 11.8 Å². The molecule has 4 fully saturated rings. The lowest BCUT2D eigenvalue weighted by atomic mass is 9.71. The van der Waals surface area contributed by atoms with E-state index in [4.69, 9.17) is 0 Å². The van der Waals surface area contributed by atoms with E-state index in [9.17, 15) is 4.79 Å². The van der Waals surface area contributed by atoms with Crippen molar-refractivity contribution in [2.45, 2.75) is 62.9 Å². The number of nitrogens with zero attached hydrogens (tertiary/aromatic N) is 2. The summed E-state index contributed by atoms with van der Waals surface area (Å²) < 4.78 is 0. The van der Waals surface area contributed by atoms with Gasteiger partial charge in [0.25, 0.3) is 0 Å². The number of carbonyl (C=O) groups is 1. The topological polar surface area (TPSA) is 23.6 Å². The molecule has 5 aliphatic rings. The molecule has 1 aliphatic carbocycles. The SMILES string of the molecule is O=C1CCC[C@@]23C[C@@]24CCCN2CCCC(=CN13)[C@@H]24. The molecule has 0 radical (unpaired) electrons. The first-order valence-electron chi connectivity index (χ1n) is 8.04. The zero-order valence-electron chi connectivity index (χ0n) is 11.5. The van der Waals surface area contributed by atoms with Gasteiger partial charge in [-0.05, 0) is 63.6 Å². The minimum atomic E-state index is 0.243. The molecule has 4 aliphatic heterocycles. The summed E-state index contributed by atoms with van der Waals surface area (Å²) >= 11 is 0. The molecule has 3 saturated heterocycles. The molecule has 0 unspecified atom stereocenters. The van der Waals surface area contributed by atoms with Crippen LogP contribution in [0.2, 0.25) is 0 Å². The van der Waals surface area contributed by atoms with Crippen LogP contribution in [-0.4, -0.2) is 40.4 Å². The van der Waals surface area contributed by atoms with Gasteiger partial charge in [0, 0.05) is 24.1 Å². The molecule has 19 heavy (non-hydrogen) atoms. The molecule has 3 atom stereocenters. The second-order valence-electron chi connectivity index (χ2n) is 7.33. The normalized spacial score (nSPS) is 48.0. The van der Waals surface area contributed by atoms with Crippen molar-refractivity contribution in [3.63, 3.8) is 0 Å². The largest absolute Gasteiger partial charge is 0.312 e. The zero-order valence-corrected chi connectivity index (χ0v) is 11.5. The van der Waals surface area contributed by atoms with Crippen molar-refractivity contribution in [1.29, 1.82) is 0 Å². The summed E-state index contributed by atoms with van der Waals surface area (Å²) in [6.07, 6.45) is 11.9. The molecule has 1 saturated carbocycles. The van der Waals surface area contributed by atoms with Gasteiger partial charge in [-0.1, -0.05) is 0 Å². The second kappa shape index (κ2) is 3.25. The van der Waals surface area contributed by atoms with Crippen LogP contribution in [0.25, 0.3) is 0 Å². The molecule has 0 aromatic rings. The van der Waals surface area contributed by atoms with Crippen LogP contribution >= 0.6 is 0 Å². The highest BCUT2D eigenvalue weighted by Gasteiger charge is 2.77. The van der Waals surface area contributed by atoms with Gasteiger partial charge in [0.2, 0.25) is 5.91 Å². The van der Waals surface area contributed by atoms with Gasteiger partial charge in [-0.3, -0.25) is 9.69 Å². The Labute approximate surface area is 114 Å². The lowest BCUT2D eigenvalue weighted by Crippen LogP contribution is -2.60. The van der Waals surface area contributed by atoms with E-state index < -0.39 is 0 Å². The van der Waals surface area contributed by atoms with Crippen LogP contribution in [0.3, 0.4) is 0 Å². The lowest BCUT2D eigenvalue weighted by molar-refractivity contribution is -0.137. The van der Waals surface area contributed by atoms with Gasteiger partial charge < -0.3 is 4.90 Å². The quantitative estimate of drug-likeness (QED) is 0.665. The fourth-order valence-electron chi connectivity index (χ4n) is 5.99. The lowest BCUT2D eigenvalue weighted by Gasteiger charge is -2.54. The standard InChI is InChI=1S/C16H22N2O/c19-13-5-1-7-16-11-15(16)6-3-9-17-8-2-4-12(14(15)17)10-18(13)16/h10,14H,1-9,11H2/t14-,15-,16-/m1/s1. The third-order valence-electron chi connectivity index (χ3n) is 6.63. The summed E-state index contributed by atoms with van der Waals surface area (Å²) in [4.78, 5) is 17.3. The molecule has 0 N–H and O–H groups in total. The number of rotatable bonds is 0. The molecule has 0 aromatic carbocycles. The monoisotopic (exact) mass is 258 g/mol. The first-order valence-corrected chi connectivity index (χ1v) is 8.04. The summed E-state index contributed by atoms with van der Waals surface area (Å²) in [6.45, 7) is 2.57. The Balaban J connectivity index is 1.67. The van der Waals surface area contributed by atoms with E-state index in [1.54, 1.807) is 5.57 Å². The van der Waals surface area contributed by atoms with Gasteiger partial charge >= 0.3 is 0 Å². The smallest absolute Gasteiger partial charge is 0.227 e. The molecule has 4 heterocycles. The van der Waals surface area contributed by atoms with E-state index >= 15 is 0 Å². The number of piperidine rings is 3. The number of hydrogen-bond donors (Lipinski definition) is 0. The molecule has 1 amide bonds. The van der Waals surface area contributed by atoms with Crippen LogP contribution in [0.4, 0.5) is 0 Å². The number of carbonyl (C=O) groups excluding carboxylic acids is 1. The van der Waals surface area contributed by atoms with E-state index in [-0.39, 0.29) is 5.54 Å². The van der Waals surface area contributed by atoms with Crippen molar-refractivity contribution < 1.29 is 4.79 Å². The number of amides is 1. The van der Waals surface area contributed by atoms with Crippen molar-refractivity contribution >= 4 is 5.91 Å². The Hall–Kier alpha value is -0.830. The van der Waals surface area contributed by atoms with Crippen LogP contribution in [0.5, 0.6) is 0 Å². The molecule has 0 aromatic heterocycles. The maximum absolute atomic E-state index is 12.4. The third kappa shape index (κ3) is 1.09. The maximum Gasteiger partial charge on any atom is 0.227 e. The van der Waals surface area contributed by atoms with E-state index in [1.165, 1.54) is 51.6 Å². The van der Waals surface area contributed by atoms with E-state index in [0.717, 1.165) is 12.8 Å². The van der Waals surface area contributed by atoms with Crippen LogP contribution < -0.4 is 0 Å². The van der Waals surface area contributed by atoms with Gasteiger partial charge in [-0.25, -0.2) is 0 Å². The molecule has 102 valence electrons. The second-order valence-corrected chi connectivity index (χ2v) is 7.33. The molecule has 3 heteroatoms. The predicted molar refractivity (Wildman–Crippen MR) is 72.4 cm³/mol. The summed E-state index contributed by atoms with van der Waals surface area (Å²) in [5.74, 6) is 0.400. The highest BCUT2D eigenvalue weighted by molar-refractivity contribution is 5.81. The Morgan fingerprint density at radius 1 is 1.11 bits per heavy atom. The van der Waals surface area contributed by atoms with Gasteiger partial charge in [-0.15, -0.1) is 0 Å². The third-order valence-corrected chi connectivity index (χ3v) is 6.63. The minimum Gasteiger partial charge on any atom is -0.312 e. The van der Waals surface area contributed by atoms with Crippen LogP contribution in [0.1, 0.15) is 51.4 Å². The summed E-state index contributed by atoms with van der Waals surface area (Å²) in [5, 5.41) is 0. The molecule has 0 bridgehead atoms. The van der Waals surface area contributed by atoms with Gasteiger partial charge in [0.05, 0.1) is 5.54 Å². The summed E-state index contributed by atoms with van der Waals surface area (Å²) in [5.41, 5.74) is 2.27. The fraction of sp³-hybridized carbons (Fsp3) is 0.812. The Bertz CT molecular complexity index is 497. The highest BCUT2D eigenvalue weighted by atomic mass is 16.2. The molecular formula is C16H22N2O. The van der Waals surface area contributed by atoms with E-state index in [2.05, 4.69) is 16.0 Å². The van der Waals surface area contributed by atoms with Crippen molar-refractivity contribution in [1.82, 2.24) is 9.80 Å². The molecule has 3 nitrogen and oxygen atoms in total. The average Bonchev–Trinajstić information content (AvgIpc) is 3.05.